The molecule has 98 valence electrons. The van der Waals surface area contributed by atoms with Gasteiger partial charge >= 0.3 is 5.97 Å². The van der Waals surface area contributed by atoms with Crippen molar-refractivity contribution in [1.82, 2.24) is 4.90 Å². The van der Waals surface area contributed by atoms with Crippen molar-refractivity contribution in [2.75, 3.05) is 26.8 Å². The first kappa shape index (κ1) is 14.2. The molecule has 0 bridgehead atoms. The largest absolute Gasteiger partial charge is 0.475 e. The number of aromatic carboxylic acids is 1. The summed E-state index contributed by atoms with van der Waals surface area (Å²) < 4.78 is 10.2. The summed E-state index contributed by atoms with van der Waals surface area (Å²) in [5.74, 6) is -0.583. The van der Waals surface area contributed by atoms with Gasteiger partial charge in [0.05, 0.1) is 19.2 Å². The van der Waals surface area contributed by atoms with Crippen LogP contribution < -0.4 is 0 Å². The zero-order valence-corrected chi connectivity index (χ0v) is 10.3. The summed E-state index contributed by atoms with van der Waals surface area (Å²) in [6.45, 7) is 2.29. The fourth-order valence-corrected chi connectivity index (χ4v) is 1.50. The minimum atomic E-state index is -1.08. The average Bonchev–Trinajstić information content (AvgIpc) is 2.81. The highest BCUT2D eigenvalue weighted by atomic mass is 16.5. The van der Waals surface area contributed by atoms with Crippen molar-refractivity contribution in [2.45, 2.75) is 13.0 Å². The van der Waals surface area contributed by atoms with Crippen molar-refractivity contribution in [3.63, 3.8) is 0 Å². The molecule has 0 spiro atoms. The molecule has 1 aromatic heterocycles. The third kappa shape index (κ3) is 4.57. The van der Waals surface area contributed by atoms with Gasteiger partial charge in [0.2, 0.25) is 5.76 Å². The van der Waals surface area contributed by atoms with Gasteiger partial charge < -0.3 is 14.3 Å². The summed E-state index contributed by atoms with van der Waals surface area (Å²) >= 11 is 0. The minimum absolute atomic E-state index is 0.0722. The van der Waals surface area contributed by atoms with Gasteiger partial charge in [-0.3, -0.25) is 4.90 Å². The zero-order chi connectivity index (χ0) is 13.4. The number of nitriles is 1. The molecule has 6 nitrogen and oxygen atoms in total. The lowest BCUT2D eigenvalue weighted by molar-refractivity contribution is 0.0657. The highest BCUT2D eigenvalue weighted by Gasteiger charge is 2.12. The molecular weight excluding hydrogens is 236 g/mol. The van der Waals surface area contributed by atoms with Gasteiger partial charge in [0.15, 0.2) is 0 Å². The standard InChI is InChI=1S/C12H16N2O4/c1-17-8-7-14(6-2-5-13)9-10-3-4-11(18-10)12(15)16/h3-4H,2,6-9H2,1H3,(H,15,16). The van der Waals surface area contributed by atoms with Crippen LogP contribution >= 0.6 is 0 Å². The molecule has 0 aromatic carbocycles. The number of methoxy groups -OCH3 is 1. The number of furan rings is 1. The molecule has 0 fully saturated rings. The van der Waals surface area contributed by atoms with Crippen LogP contribution in [0.5, 0.6) is 0 Å². The number of ether oxygens (including phenoxy) is 1. The van der Waals surface area contributed by atoms with Gasteiger partial charge in [-0.25, -0.2) is 4.79 Å². The Balaban J connectivity index is 2.57. The molecule has 0 amide bonds. The van der Waals surface area contributed by atoms with Crippen LogP contribution in [0.15, 0.2) is 16.5 Å². The molecule has 0 unspecified atom stereocenters. The van der Waals surface area contributed by atoms with E-state index >= 15 is 0 Å². The third-order valence-electron chi connectivity index (χ3n) is 2.40. The van der Waals surface area contributed by atoms with Crippen LogP contribution in [0.25, 0.3) is 0 Å². The molecule has 0 saturated heterocycles. The van der Waals surface area contributed by atoms with Gasteiger partial charge in [0.25, 0.3) is 0 Å². The van der Waals surface area contributed by atoms with Gasteiger partial charge in [0.1, 0.15) is 5.76 Å². The van der Waals surface area contributed by atoms with Gasteiger partial charge in [0, 0.05) is 26.6 Å². The van der Waals surface area contributed by atoms with E-state index in [1.54, 1.807) is 13.2 Å². The van der Waals surface area contributed by atoms with Gasteiger partial charge in [-0.15, -0.1) is 0 Å². The number of carbonyl (C=O) groups is 1. The molecule has 0 aliphatic rings. The second kappa shape index (κ2) is 7.48. The van der Waals surface area contributed by atoms with E-state index < -0.39 is 5.97 Å². The van der Waals surface area contributed by atoms with Crippen LogP contribution in [0.3, 0.4) is 0 Å². The van der Waals surface area contributed by atoms with E-state index in [4.69, 9.17) is 19.5 Å². The molecule has 0 aliphatic carbocycles. The van der Waals surface area contributed by atoms with Crippen LogP contribution in [0, 0.1) is 11.3 Å². The van der Waals surface area contributed by atoms with Gasteiger partial charge in [-0.05, 0) is 12.1 Å². The summed E-state index contributed by atoms with van der Waals surface area (Å²) in [6, 6.07) is 5.14. The Hall–Kier alpha value is -1.84. The Kier molecular flexibility index (Phi) is 5.91. The Morgan fingerprint density at radius 2 is 2.33 bits per heavy atom. The van der Waals surface area contributed by atoms with E-state index in [-0.39, 0.29) is 5.76 Å². The van der Waals surface area contributed by atoms with E-state index in [1.807, 2.05) is 4.90 Å². The van der Waals surface area contributed by atoms with Crippen LogP contribution in [-0.2, 0) is 11.3 Å². The maximum Gasteiger partial charge on any atom is 0.371 e. The molecule has 0 atom stereocenters. The maximum absolute atomic E-state index is 10.7. The van der Waals surface area contributed by atoms with E-state index in [2.05, 4.69) is 6.07 Å². The first-order valence-corrected chi connectivity index (χ1v) is 5.57. The summed E-state index contributed by atoms with van der Waals surface area (Å²) in [5.41, 5.74) is 0. The number of rotatable bonds is 8. The highest BCUT2D eigenvalue weighted by molar-refractivity contribution is 5.84. The van der Waals surface area contributed by atoms with Crippen molar-refractivity contribution < 1.29 is 19.1 Å². The van der Waals surface area contributed by atoms with Crippen molar-refractivity contribution in [3.05, 3.63) is 23.7 Å². The second-order valence-electron chi connectivity index (χ2n) is 3.75. The highest BCUT2D eigenvalue weighted by Crippen LogP contribution is 2.11. The predicted molar refractivity (Wildman–Crippen MR) is 63.1 cm³/mol. The van der Waals surface area contributed by atoms with Gasteiger partial charge in [-0.1, -0.05) is 0 Å². The Morgan fingerprint density at radius 1 is 1.56 bits per heavy atom. The molecule has 0 radical (unpaired) electrons. The molecule has 1 rings (SSSR count). The van der Waals surface area contributed by atoms with Crippen LogP contribution in [0.2, 0.25) is 0 Å². The molecule has 1 aromatic rings. The fourth-order valence-electron chi connectivity index (χ4n) is 1.50. The molecule has 1 heterocycles. The number of carboxylic acid groups (broad SMARTS) is 1. The first-order chi connectivity index (χ1) is 8.67. The lowest BCUT2D eigenvalue weighted by atomic mass is 10.3. The quantitative estimate of drug-likeness (QED) is 0.751. The lowest BCUT2D eigenvalue weighted by Gasteiger charge is -2.19. The topological polar surface area (TPSA) is 86.7 Å². The van der Waals surface area contributed by atoms with Crippen LogP contribution in [0.1, 0.15) is 22.7 Å². The lowest BCUT2D eigenvalue weighted by Crippen LogP contribution is -2.27. The maximum atomic E-state index is 10.7. The predicted octanol–water partition coefficient (Wildman–Crippen LogP) is 1.34. The van der Waals surface area contributed by atoms with Crippen molar-refractivity contribution in [3.8, 4) is 6.07 Å². The number of carboxylic acids is 1. The minimum Gasteiger partial charge on any atom is -0.475 e. The summed E-state index contributed by atoms with van der Waals surface area (Å²) in [6.07, 6.45) is 0.413. The molecule has 0 saturated carbocycles. The van der Waals surface area contributed by atoms with Crippen LogP contribution in [0.4, 0.5) is 0 Å². The van der Waals surface area contributed by atoms with E-state index in [1.165, 1.54) is 6.07 Å². The van der Waals surface area contributed by atoms with E-state index in [0.29, 0.717) is 38.4 Å². The molecule has 1 N–H and O–H groups in total. The third-order valence-corrected chi connectivity index (χ3v) is 2.40. The normalized spacial score (nSPS) is 10.5. The Bertz CT molecular complexity index is 422. The average molecular weight is 252 g/mol. The van der Waals surface area contributed by atoms with Crippen LogP contribution in [-0.4, -0.2) is 42.8 Å². The zero-order valence-electron chi connectivity index (χ0n) is 10.3. The SMILES string of the molecule is COCCN(CCC#N)Cc1ccc(C(=O)O)o1. The monoisotopic (exact) mass is 252 g/mol. The van der Waals surface area contributed by atoms with E-state index in [9.17, 15) is 4.79 Å². The molecular formula is C12H16N2O4. The van der Waals surface area contributed by atoms with Crippen molar-refractivity contribution in [2.24, 2.45) is 0 Å². The number of nitrogens with zero attached hydrogens (tertiary/aromatic N) is 2. The molecule has 6 heteroatoms. The number of hydrogen-bond donors (Lipinski definition) is 1. The summed E-state index contributed by atoms with van der Waals surface area (Å²) in [5, 5.41) is 17.3. The van der Waals surface area contributed by atoms with Crippen molar-refractivity contribution >= 4 is 5.97 Å². The van der Waals surface area contributed by atoms with Crippen molar-refractivity contribution in [1.29, 1.82) is 5.26 Å². The van der Waals surface area contributed by atoms with E-state index in [0.717, 1.165) is 0 Å². The molecule has 18 heavy (non-hydrogen) atoms. The second-order valence-corrected chi connectivity index (χ2v) is 3.75. The number of hydrogen-bond acceptors (Lipinski definition) is 5. The fraction of sp³-hybridized carbons (Fsp3) is 0.500. The first-order valence-electron chi connectivity index (χ1n) is 5.57. The Labute approximate surface area is 105 Å². The van der Waals surface area contributed by atoms with Gasteiger partial charge in [-0.2, -0.15) is 5.26 Å². The Morgan fingerprint density at radius 3 is 2.89 bits per heavy atom. The summed E-state index contributed by atoms with van der Waals surface area (Å²) in [4.78, 5) is 12.7. The molecule has 0 aliphatic heterocycles. The smallest absolute Gasteiger partial charge is 0.371 e. The summed E-state index contributed by atoms with van der Waals surface area (Å²) in [7, 11) is 1.61.